The number of rotatable bonds is 4. The van der Waals surface area contributed by atoms with Gasteiger partial charge in [-0.05, 0) is 67.9 Å². The van der Waals surface area contributed by atoms with E-state index in [1.807, 2.05) is 6.07 Å². The van der Waals surface area contributed by atoms with Crippen LogP contribution in [0.3, 0.4) is 0 Å². The first kappa shape index (κ1) is 20.6. The molecule has 0 spiro atoms. The number of aromatic amines is 1. The van der Waals surface area contributed by atoms with Crippen molar-refractivity contribution in [2.24, 2.45) is 0 Å². The average molecular weight is 438 g/mol. The lowest BCUT2D eigenvalue weighted by atomic mass is 9.76. The summed E-state index contributed by atoms with van der Waals surface area (Å²) in [5, 5.41) is 17.2. The number of benzene rings is 1. The van der Waals surface area contributed by atoms with Crippen LogP contribution in [0.4, 0.5) is 8.78 Å². The minimum atomic E-state index is -2.17. The Bertz CT molecular complexity index is 1320. The first-order chi connectivity index (χ1) is 15.3. The fraction of sp³-hybridized carbons (Fsp3) is 0.375. The molecule has 1 aliphatic carbocycles. The zero-order valence-electron chi connectivity index (χ0n) is 17.9. The van der Waals surface area contributed by atoms with Gasteiger partial charge in [-0.1, -0.05) is 13.8 Å². The summed E-state index contributed by atoms with van der Waals surface area (Å²) in [6.45, 7) is 4.18. The van der Waals surface area contributed by atoms with Crippen LogP contribution in [-0.4, -0.2) is 36.5 Å². The summed E-state index contributed by atoms with van der Waals surface area (Å²) in [7, 11) is 0. The molecule has 1 fully saturated rings. The smallest absolute Gasteiger partial charge is 0.341 e. The standard InChI is InChI=1S/C24H24F2N4O2/c1-13(2)21-19(14-7-9-24(26,10-8-14)23(31)32)20-18(11-15-12-27-29-22(15)28-20)30(21)17-5-3-16(25)4-6-17/h3-6,11-14H,7-10H2,1-2H3,(H,31,32)(H,27,28,29)/t14-,24+. The van der Waals surface area contributed by atoms with Gasteiger partial charge in [0, 0.05) is 22.3 Å². The van der Waals surface area contributed by atoms with Crippen LogP contribution in [0.25, 0.3) is 27.8 Å². The second-order valence-electron chi connectivity index (χ2n) is 8.97. The maximum absolute atomic E-state index is 14.8. The highest BCUT2D eigenvalue weighted by Gasteiger charge is 2.44. The lowest BCUT2D eigenvalue weighted by Gasteiger charge is -2.31. The lowest BCUT2D eigenvalue weighted by molar-refractivity contribution is -0.153. The molecule has 3 aromatic heterocycles. The van der Waals surface area contributed by atoms with Crippen molar-refractivity contribution in [2.75, 3.05) is 0 Å². The third-order valence-electron chi connectivity index (χ3n) is 6.62. The largest absolute Gasteiger partial charge is 0.479 e. The first-order valence-electron chi connectivity index (χ1n) is 10.8. The first-order valence-corrected chi connectivity index (χ1v) is 10.8. The molecule has 3 heterocycles. The molecule has 166 valence electrons. The van der Waals surface area contributed by atoms with E-state index in [-0.39, 0.29) is 30.5 Å². The van der Waals surface area contributed by atoms with Gasteiger partial charge in [0.25, 0.3) is 0 Å². The summed E-state index contributed by atoms with van der Waals surface area (Å²) in [6, 6.07) is 8.35. The topological polar surface area (TPSA) is 83.8 Å². The fourth-order valence-corrected chi connectivity index (χ4v) is 5.03. The molecule has 1 saturated carbocycles. The van der Waals surface area contributed by atoms with Gasteiger partial charge in [-0.15, -0.1) is 0 Å². The number of carboxylic acids is 1. The minimum absolute atomic E-state index is 0.0207. The maximum atomic E-state index is 14.8. The Morgan fingerprint density at radius 2 is 1.94 bits per heavy atom. The molecule has 4 aromatic rings. The van der Waals surface area contributed by atoms with Gasteiger partial charge in [0.05, 0.1) is 17.2 Å². The molecule has 0 radical (unpaired) electrons. The number of H-pyrrole nitrogens is 1. The van der Waals surface area contributed by atoms with Crippen molar-refractivity contribution < 1.29 is 18.7 Å². The summed E-state index contributed by atoms with van der Waals surface area (Å²) >= 11 is 0. The third kappa shape index (κ3) is 3.16. The molecule has 6 nitrogen and oxygen atoms in total. The third-order valence-corrected chi connectivity index (χ3v) is 6.62. The van der Waals surface area contributed by atoms with Crippen molar-refractivity contribution in [2.45, 2.75) is 57.0 Å². The molecule has 5 rings (SSSR count). The van der Waals surface area contributed by atoms with Crippen LogP contribution in [0.1, 0.15) is 62.6 Å². The number of aliphatic carboxylic acids is 1. The van der Waals surface area contributed by atoms with Crippen molar-refractivity contribution >= 4 is 28.0 Å². The normalized spacial score (nSPS) is 21.6. The zero-order chi connectivity index (χ0) is 22.6. The quantitative estimate of drug-likeness (QED) is 0.433. The summed E-state index contributed by atoms with van der Waals surface area (Å²) < 4.78 is 30.5. The fourth-order valence-electron chi connectivity index (χ4n) is 5.03. The highest BCUT2D eigenvalue weighted by molar-refractivity contribution is 5.93. The monoisotopic (exact) mass is 438 g/mol. The molecule has 0 amide bonds. The van der Waals surface area contributed by atoms with Crippen LogP contribution in [0.2, 0.25) is 0 Å². The Balaban J connectivity index is 1.75. The summed E-state index contributed by atoms with van der Waals surface area (Å²) in [4.78, 5) is 16.3. The number of alkyl halides is 1. The number of halogens is 2. The predicted molar refractivity (Wildman–Crippen MR) is 117 cm³/mol. The summed E-state index contributed by atoms with van der Waals surface area (Å²) in [5.74, 6) is -1.61. The number of hydrogen-bond donors (Lipinski definition) is 2. The number of fused-ring (bicyclic) bond motifs is 2. The van der Waals surface area contributed by atoms with E-state index in [2.05, 4.69) is 28.6 Å². The molecule has 0 bridgehead atoms. The number of hydrogen-bond acceptors (Lipinski definition) is 3. The highest BCUT2D eigenvalue weighted by atomic mass is 19.1. The average Bonchev–Trinajstić information content (AvgIpc) is 3.35. The molecule has 1 aromatic carbocycles. The van der Waals surface area contributed by atoms with Gasteiger partial charge in [-0.2, -0.15) is 5.10 Å². The Morgan fingerprint density at radius 3 is 2.56 bits per heavy atom. The number of aromatic nitrogens is 4. The van der Waals surface area contributed by atoms with Crippen molar-refractivity contribution in [1.82, 2.24) is 19.7 Å². The zero-order valence-corrected chi connectivity index (χ0v) is 17.9. The van der Waals surface area contributed by atoms with Gasteiger partial charge >= 0.3 is 5.97 Å². The number of pyridine rings is 1. The number of nitrogens with one attached hydrogen (secondary N) is 1. The second kappa shape index (κ2) is 7.39. The predicted octanol–water partition coefficient (Wildman–Crippen LogP) is 5.61. The molecular weight excluding hydrogens is 414 g/mol. The lowest BCUT2D eigenvalue weighted by Crippen LogP contribution is -2.37. The van der Waals surface area contributed by atoms with Crippen LogP contribution in [0.15, 0.2) is 36.5 Å². The van der Waals surface area contributed by atoms with E-state index in [1.54, 1.807) is 18.3 Å². The van der Waals surface area contributed by atoms with E-state index in [0.29, 0.717) is 18.5 Å². The van der Waals surface area contributed by atoms with Crippen LogP contribution < -0.4 is 0 Å². The highest BCUT2D eigenvalue weighted by Crippen LogP contribution is 2.46. The summed E-state index contributed by atoms with van der Waals surface area (Å²) in [6.07, 6.45) is 2.50. The van der Waals surface area contributed by atoms with Crippen LogP contribution in [-0.2, 0) is 4.79 Å². The van der Waals surface area contributed by atoms with Gasteiger partial charge in [-0.3, -0.25) is 5.10 Å². The number of carbonyl (C=O) groups is 1. The van der Waals surface area contributed by atoms with Crippen LogP contribution >= 0.6 is 0 Å². The van der Waals surface area contributed by atoms with Crippen molar-refractivity contribution in [3.63, 3.8) is 0 Å². The molecule has 0 aliphatic heterocycles. The Kier molecular flexibility index (Phi) is 4.76. The molecule has 0 unspecified atom stereocenters. The van der Waals surface area contributed by atoms with E-state index in [9.17, 15) is 18.7 Å². The Hall–Kier alpha value is -3.29. The van der Waals surface area contributed by atoms with E-state index in [0.717, 1.165) is 33.4 Å². The molecule has 8 heteroatoms. The van der Waals surface area contributed by atoms with Gasteiger partial charge < -0.3 is 9.67 Å². The maximum Gasteiger partial charge on any atom is 0.341 e. The van der Waals surface area contributed by atoms with E-state index in [4.69, 9.17) is 4.98 Å². The molecular formula is C24H24F2N4O2. The minimum Gasteiger partial charge on any atom is -0.479 e. The van der Waals surface area contributed by atoms with E-state index in [1.165, 1.54) is 12.1 Å². The van der Waals surface area contributed by atoms with Gasteiger partial charge in [0.1, 0.15) is 5.82 Å². The van der Waals surface area contributed by atoms with E-state index >= 15 is 0 Å². The number of carboxylic acid groups (broad SMARTS) is 1. The van der Waals surface area contributed by atoms with Gasteiger partial charge in [0.2, 0.25) is 5.67 Å². The van der Waals surface area contributed by atoms with Crippen molar-refractivity contribution in [3.8, 4) is 5.69 Å². The van der Waals surface area contributed by atoms with Gasteiger partial charge in [-0.25, -0.2) is 18.6 Å². The van der Waals surface area contributed by atoms with Crippen LogP contribution in [0.5, 0.6) is 0 Å². The van der Waals surface area contributed by atoms with Crippen LogP contribution in [0, 0.1) is 5.82 Å². The van der Waals surface area contributed by atoms with Crippen molar-refractivity contribution in [1.29, 1.82) is 0 Å². The molecule has 2 N–H and O–H groups in total. The Labute approximate surface area is 183 Å². The molecule has 32 heavy (non-hydrogen) atoms. The molecule has 0 atom stereocenters. The second-order valence-corrected chi connectivity index (χ2v) is 8.97. The molecule has 1 aliphatic rings. The Morgan fingerprint density at radius 1 is 1.25 bits per heavy atom. The summed E-state index contributed by atoms with van der Waals surface area (Å²) in [5.41, 5.74) is 3.02. The molecule has 0 saturated heterocycles. The van der Waals surface area contributed by atoms with E-state index < -0.39 is 11.6 Å². The SMILES string of the molecule is CC(C)c1c([C@H]2CC[C@](F)(C(=O)O)CC2)c2nc3[nH]ncc3cc2n1-c1ccc(F)cc1. The number of nitrogens with zero attached hydrogens (tertiary/aromatic N) is 3. The van der Waals surface area contributed by atoms with Gasteiger partial charge in [0.15, 0.2) is 5.65 Å². The van der Waals surface area contributed by atoms with Crippen molar-refractivity contribution in [3.05, 3.63) is 53.6 Å².